The molecule has 0 aromatic heterocycles. The van der Waals surface area contributed by atoms with Crippen molar-refractivity contribution >= 4 is 17.9 Å². The van der Waals surface area contributed by atoms with Gasteiger partial charge in [0.2, 0.25) is 0 Å². The molecule has 462 valence electrons. The highest BCUT2D eigenvalue weighted by molar-refractivity contribution is 5.71. The van der Waals surface area contributed by atoms with Crippen LogP contribution in [0.2, 0.25) is 0 Å². The second kappa shape index (κ2) is 68.3. The summed E-state index contributed by atoms with van der Waals surface area (Å²) in [4.78, 5) is 38.4. The molecule has 0 aliphatic heterocycles. The van der Waals surface area contributed by atoms with E-state index >= 15 is 0 Å². The Morgan fingerprint density at radius 2 is 0.494 bits per heavy atom. The Balaban J connectivity index is 4.49. The van der Waals surface area contributed by atoms with E-state index in [1.54, 1.807) is 0 Å². The first-order valence-electron chi connectivity index (χ1n) is 34.0. The monoisotopic (exact) mass is 1120 g/mol. The van der Waals surface area contributed by atoms with Crippen molar-refractivity contribution in [2.45, 2.75) is 322 Å². The van der Waals surface area contributed by atoms with Crippen molar-refractivity contribution in [1.29, 1.82) is 0 Å². The van der Waals surface area contributed by atoms with Crippen LogP contribution in [0.5, 0.6) is 0 Å². The smallest absolute Gasteiger partial charge is 0.306 e. The number of carbonyl (C=O) groups is 3. The van der Waals surface area contributed by atoms with Gasteiger partial charge >= 0.3 is 17.9 Å². The first kappa shape index (κ1) is 76.8. The third kappa shape index (κ3) is 66.5. The fourth-order valence-electron chi connectivity index (χ4n) is 9.38. The summed E-state index contributed by atoms with van der Waals surface area (Å²) in [5.74, 6) is -0.965. The predicted molar refractivity (Wildman–Crippen MR) is 353 cm³/mol. The van der Waals surface area contributed by atoms with Gasteiger partial charge < -0.3 is 14.2 Å². The summed E-state index contributed by atoms with van der Waals surface area (Å²) in [6.07, 6.45) is 95.0. The average Bonchev–Trinajstić information content (AvgIpc) is 3.47. The van der Waals surface area contributed by atoms with Gasteiger partial charge in [-0.2, -0.15) is 0 Å². The van der Waals surface area contributed by atoms with Gasteiger partial charge in [-0.3, -0.25) is 14.4 Å². The number of allylic oxidation sites excluding steroid dienone is 20. The molecule has 0 N–H and O–H groups in total. The van der Waals surface area contributed by atoms with Crippen LogP contribution in [0.3, 0.4) is 0 Å². The molecule has 1 atom stereocenters. The largest absolute Gasteiger partial charge is 0.462 e. The third-order valence-electron chi connectivity index (χ3n) is 14.5. The number of carbonyl (C=O) groups excluding carboxylic acids is 3. The van der Waals surface area contributed by atoms with Gasteiger partial charge in [-0.15, -0.1) is 0 Å². The van der Waals surface area contributed by atoms with Crippen LogP contribution in [0.1, 0.15) is 316 Å². The Morgan fingerprint density at radius 1 is 0.259 bits per heavy atom. The van der Waals surface area contributed by atoms with Crippen molar-refractivity contribution < 1.29 is 28.6 Å². The molecule has 6 nitrogen and oxygen atoms in total. The minimum atomic E-state index is -0.811. The lowest BCUT2D eigenvalue weighted by Gasteiger charge is -2.18. The van der Waals surface area contributed by atoms with Crippen LogP contribution in [0, 0.1) is 0 Å². The third-order valence-corrected chi connectivity index (χ3v) is 14.5. The molecule has 0 saturated heterocycles. The van der Waals surface area contributed by atoms with E-state index in [1.807, 2.05) is 0 Å². The van der Waals surface area contributed by atoms with E-state index in [1.165, 1.54) is 154 Å². The van der Waals surface area contributed by atoms with Crippen molar-refractivity contribution in [3.05, 3.63) is 122 Å². The van der Waals surface area contributed by atoms with Gasteiger partial charge in [-0.1, -0.05) is 309 Å². The molecule has 81 heavy (non-hydrogen) atoms. The zero-order valence-corrected chi connectivity index (χ0v) is 53.0. The summed E-state index contributed by atoms with van der Waals surface area (Å²) in [6, 6.07) is 0. The van der Waals surface area contributed by atoms with Gasteiger partial charge in [0.1, 0.15) is 13.2 Å². The summed E-state index contributed by atoms with van der Waals surface area (Å²) in [5, 5.41) is 0. The highest BCUT2D eigenvalue weighted by Gasteiger charge is 2.19. The number of hydrogen-bond acceptors (Lipinski definition) is 6. The normalized spacial score (nSPS) is 12.9. The van der Waals surface area contributed by atoms with Crippen LogP contribution in [0.15, 0.2) is 122 Å². The van der Waals surface area contributed by atoms with Crippen molar-refractivity contribution in [3.63, 3.8) is 0 Å². The van der Waals surface area contributed by atoms with E-state index in [-0.39, 0.29) is 37.5 Å². The van der Waals surface area contributed by atoms with E-state index in [2.05, 4.69) is 142 Å². The summed E-state index contributed by atoms with van der Waals surface area (Å²) >= 11 is 0. The molecule has 0 fully saturated rings. The zero-order chi connectivity index (χ0) is 58.5. The number of esters is 3. The number of ether oxygens (including phenoxy) is 3. The van der Waals surface area contributed by atoms with E-state index in [4.69, 9.17) is 14.2 Å². The van der Waals surface area contributed by atoms with Gasteiger partial charge in [-0.25, -0.2) is 0 Å². The molecule has 0 aliphatic carbocycles. The molecule has 0 bridgehead atoms. The maximum atomic E-state index is 13.0. The fraction of sp³-hybridized carbons (Fsp3) is 0.693. The fourth-order valence-corrected chi connectivity index (χ4v) is 9.38. The lowest BCUT2D eigenvalue weighted by atomic mass is 10.0. The van der Waals surface area contributed by atoms with Gasteiger partial charge in [-0.05, 0) is 109 Å². The summed E-state index contributed by atoms with van der Waals surface area (Å²) in [7, 11) is 0. The standard InChI is InChI=1S/C75H126O6/c1-4-7-10-13-16-19-22-25-28-31-34-36-37-39-41-44-47-50-53-56-59-62-65-68-74(77)80-71-72(70-79-73(76)67-64-61-58-55-52-49-46-43-40-33-30-27-24-21-18-15-12-9-6-3)81-75(78)69-66-63-60-57-54-51-48-45-42-38-35-32-29-26-23-20-17-14-11-8-5-2/h7,10,16,18-19,21,25,27-28,30,34,36,39-41,43,47,50,56,59,72H,4-6,8-9,11-15,17,20,22-24,26,29,31-33,35,37-38,42,44-46,48-49,51-55,57-58,60-71H2,1-3H3/b10-7-,19-16-,21-18-,28-25-,30-27-,36-34-,41-39-,43-40-,50-47-,59-56-. The second-order valence-corrected chi connectivity index (χ2v) is 22.4. The van der Waals surface area contributed by atoms with Crippen LogP contribution in [-0.4, -0.2) is 37.2 Å². The van der Waals surface area contributed by atoms with Crippen LogP contribution in [-0.2, 0) is 28.6 Å². The van der Waals surface area contributed by atoms with Crippen LogP contribution in [0.25, 0.3) is 0 Å². The summed E-state index contributed by atoms with van der Waals surface area (Å²) in [5.41, 5.74) is 0. The molecule has 0 amide bonds. The molecule has 0 rings (SSSR count). The molecule has 0 aromatic rings. The Hall–Kier alpha value is -4.19. The van der Waals surface area contributed by atoms with E-state index < -0.39 is 6.10 Å². The first-order chi connectivity index (χ1) is 40.0. The number of rotatable bonds is 61. The van der Waals surface area contributed by atoms with Crippen LogP contribution in [0.4, 0.5) is 0 Å². The molecule has 6 heteroatoms. The van der Waals surface area contributed by atoms with Crippen molar-refractivity contribution in [2.75, 3.05) is 13.2 Å². The van der Waals surface area contributed by atoms with Crippen molar-refractivity contribution in [3.8, 4) is 0 Å². The van der Waals surface area contributed by atoms with Gasteiger partial charge in [0.15, 0.2) is 6.10 Å². The Bertz CT molecular complexity index is 1670. The van der Waals surface area contributed by atoms with E-state index in [9.17, 15) is 14.4 Å². The topological polar surface area (TPSA) is 78.9 Å². The molecular formula is C75H126O6. The van der Waals surface area contributed by atoms with Crippen molar-refractivity contribution in [2.24, 2.45) is 0 Å². The number of unbranched alkanes of at least 4 members (excludes halogenated alkanes) is 30. The summed E-state index contributed by atoms with van der Waals surface area (Å²) in [6.45, 7) is 6.47. The molecule has 0 spiro atoms. The van der Waals surface area contributed by atoms with E-state index in [0.29, 0.717) is 19.3 Å². The lowest BCUT2D eigenvalue weighted by molar-refractivity contribution is -0.167. The Kier molecular flexibility index (Phi) is 64.8. The first-order valence-corrected chi connectivity index (χ1v) is 34.0. The second-order valence-electron chi connectivity index (χ2n) is 22.4. The zero-order valence-electron chi connectivity index (χ0n) is 53.0. The minimum Gasteiger partial charge on any atom is -0.462 e. The maximum Gasteiger partial charge on any atom is 0.306 e. The molecule has 0 saturated carbocycles. The molecule has 0 radical (unpaired) electrons. The molecule has 1 unspecified atom stereocenters. The number of hydrogen-bond donors (Lipinski definition) is 0. The highest BCUT2D eigenvalue weighted by atomic mass is 16.6. The summed E-state index contributed by atoms with van der Waals surface area (Å²) < 4.78 is 16.9. The maximum absolute atomic E-state index is 13.0. The Morgan fingerprint density at radius 3 is 0.827 bits per heavy atom. The van der Waals surface area contributed by atoms with Crippen molar-refractivity contribution in [1.82, 2.24) is 0 Å². The average molecular weight is 1120 g/mol. The minimum absolute atomic E-state index is 0.103. The lowest BCUT2D eigenvalue weighted by Crippen LogP contribution is -2.30. The molecule has 0 aromatic carbocycles. The Labute approximate surface area is 501 Å². The highest BCUT2D eigenvalue weighted by Crippen LogP contribution is 2.17. The van der Waals surface area contributed by atoms with Crippen LogP contribution >= 0.6 is 0 Å². The SMILES string of the molecule is CC/C=C\C/C=C\C/C=C\C/C=C\C/C=C\C/C=C\C/C=C\CCCC(=O)OCC(COC(=O)CCCCCCCC/C=C\C/C=C\C/C=C\CCCCC)OC(=O)CCCCCCCCCCCCCCCCCCCCCCC. The van der Waals surface area contributed by atoms with E-state index in [0.717, 1.165) is 116 Å². The predicted octanol–water partition coefficient (Wildman–Crippen LogP) is 23.6. The van der Waals surface area contributed by atoms with Crippen LogP contribution < -0.4 is 0 Å². The molecular weight excluding hydrogens is 997 g/mol. The van der Waals surface area contributed by atoms with Gasteiger partial charge in [0.25, 0.3) is 0 Å². The molecule has 0 aliphatic rings. The van der Waals surface area contributed by atoms with Gasteiger partial charge in [0, 0.05) is 19.3 Å². The quantitative estimate of drug-likeness (QED) is 0.0261. The molecule has 0 heterocycles. The van der Waals surface area contributed by atoms with Gasteiger partial charge in [0.05, 0.1) is 0 Å².